The lowest BCUT2D eigenvalue weighted by molar-refractivity contribution is 0.0194. The molecule has 0 radical (unpaired) electrons. The number of benzene rings is 2. The lowest BCUT2D eigenvalue weighted by Gasteiger charge is -2.32. The van der Waals surface area contributed by atoms with Gasteiger partial charge in [0.2, 0.25) is 5.75 Å². The molecule has 2 amide bonds. The minimum atomic E-state index is -0.592. The van der Waals surface area contributed by atoms with Crippen molar-refractivity contribution in [3.63, 3.8) is 0 Å². The molecule has 0 spiro atoms. The summed E-state index contributed by atoms with van der Waals surface area (Å²) >= 11 is 0. The molecule has 1 atom stereocenters. The van der Waals surface area contributed by atoms with E-state index in [4.69, 9.17) is 18.9 Å². The lowest BCUT2D eigenvalue weighted by Crippen LogP contribution is -2.47. The molecule has 2 aromatic carbocycles. The molecular formula is C30H40N2O6. The molecule has 2 aromatic rings. The van der Waals surface area contributed by atoms with Gasteiger partial charge in [0.1, 0.15) is 5.60 Å². The maximum atomic E-state index is 14.0. The molecular weight excluding hydrogens is 484 g/mol. The topological polar surface area (TPSA) is 77.5 Å². The molecule has 1 saturated heterocycles. The van der Waals surface area contributed by atoms with Crippen LogP contribution in [0.3, 0.4) is 0 Å². The van der Waals surface area contributed by atoms with Crippen LogP contribution in [0.2, 0.25) is 0 Å². The number of hydrogen-bond donors (Lipinski definition) is 0. The SMILES string of the molecule is COc1cc(C(=O)N(C/C(C)=C/c2ccccc2)CC2CCCN2C(=O)OC(C)(C)C)cc(OC)c1OC. The van der Waals surface area contributed by atoms with Gasteiger partial charge in [0.05, 0.1) is 27.4 Å². The summed E-state index contributed by atoms with van der Waals surface area (Å²) in [6, 6.07) is 13.1. The molecule has 1 fully saturated rings. The van der Waals surface area contributed by atoms with Crippen LogP contribution in [0.5, 0.6) is 17.2 Å². The minimum absolute atomic E-state index is 0.152. The summed E-state index contributed by atoms with van der Waals surface area (Å²) in [6.07, 6.45) is 3.36. The molecule has 1 aliphatic heterocycles. The monoisotopic (exact) mass is 524 g/mol. The number of carbonyl (C=O) groups is 2. The Morgan fingerprint density at radius 1 is 1.03 bits per heavy atom. The predicted molar refractivity (Wildman–Crippen MR) is 148 cm³/mol. The Morgan fingerprint density at radius 2 is 1.66 bits per heavy atom. The first-order valence-corrected chi connectivity index (χ1v) is 12.9. The van der Waals surface area contributed by atoms with Gasteiger partial charge in [-0.1, -0.05) is 42.0 Å². The van der Waals surface area contributed by atoms with E-state index in [9.17, 15) is 9.59 Å². The molecule has 0 N–H and O–H groups in total. The van der Waals surface area contributed by atoms with Crippen molar-refractivity contribution < 1.29 is 28.5 Å². The largest absolute Gasteiger partial charge is 0.493 e. The summed E-state index contributed by atoms with van der Waals surface area (Å²) < 4.78 is 22.0. The molecule has 0 bridgehead atoms. The highest BCUT2D eigenvalue weighted by Crippen LogP contribution is 2.38. The highest BCUT2D eigenvalue weighted by Gasteiger charge is 2.34. The van der Waals surface area contributed by atoms with E-state index in [2.05, 4.69) is 6.08 Å². The lowest BCUT2D eigenvalue weighted by atomic mass is 10.1. The summed E-state index contributed by atoms with van der Waals surface area (Å²) in [6.45, 7) is 8.93. The van der Waals surface area contributed by atoms with Crippen molar-refractivity contribution in [2.75, 3.05) is 41.0 Å². The van der Waals surface area contributed by atoms with Crippen LogP contribution in [-0.2, 0) is 4.74 Å². The number of nitrogens with zero attached hydrogens (tertiary/aromatic N) is 2. The third-order valence-corrected chi connectivity index (χ3v) is 6.29. The van der Waals surface area contributed by atoms with E-state index in [-0.39, 0.29) is 18.0 Å². The first kappa shape index (κ1) is 28.9. The summed E-state index contributed by atoms with van der Waals surface area (Å²) in [4.78, 5) is 30.4. The molecule has 0 aliphatic carbocycles. The second-order valence-corrected chi connectivity index (χ2v) is 10.5. The molecule has 38 heavy (non-hydrogen) atoms. The smallest absolute Gasteiger partial charge is 0.410 e. The van der Waals surface area contributed by atoms with Gasteiger partial charge in [0.25, 0.3) is 5.91 Å². The average Bonchev–Trinajstić information content (AvgIpc) is 3.35. The number of methoxy groups -OCH3 is 3. The van der Waals surface area contributed by atoms with E-state index in [1.165, 1.54) is 21.3 Å². The van der Waals surface area contributed by atoms with E-state index >= 15 is 0 Å². The Bertz CT molecular complexity index is 1110. The van der Waals surface area contributed by atoms with Crippen LogP contribution in [0.15, 0.2) is 48.0 Å². The van der Waals surface area contributed by atoms with Gasteiger partial charge < -0.3 is 28.7 Å². The minimum Gasteiger partial charge on any atom is -0.493 e. The Kier molecular flexibility index (Phi) is 9.66. The third kappa shape index (κ3) is 7.43. The normalized spacial score (nSPS) is 15.7. The van der Waals surface area contributed by atoms with Gasteiger partial charge >= 0.3 is 6.09 Å². The number of ether oxygens (including phenoxy) is 4. The Balaban J connectivity index is 1.94. The number of rotatable bonds is 9. The zero-order chi connectivity index (χ0) is 27.9. The Labute approximate surface area is 226 Å². The van der Waals surface area contributed by atoms with E-state index in [0.29, 0.717) is 42.4 Å². The van der Waals surface area contributed by atoms with Gasteiger partial charge in [-0.25, -0.2) is 4.79 Å². The zero-order valence-corrected chi connectivity index (χ0v) is 23.6. The second-order valence-electron chi connectivity index (χ2n) is 10.5. The number of hydrogen-bond acceptors (Lipinski definition) is 6. The van der Waals surface area contributed by atoms with Crippen LogP contribution in [0, 0.1) is 0 Å². The fourth-order valence-corrected chi connectivity index (χ4v) is 4.63. The van der Waals surface area contributed by atoms with Gasteiger partial charge in [-0.05, 0) is 58.2 Å². The maximum absolute atomic E-state index is 14.0. The molecule has 206 valence electrons. The summed E-state index contributed by atoms with van der Waals surface area (Å²) in [7, 11) is 4.57. The van der Waals surface area contributed by atoms with Gasteiger partial charge in [-0.15, -0.1) is 0 Å². The van der Waals surface area contributed by atoms with Crippen LogP contribution in [-0.4, -0.2) is 74.4 Å². The van der Waals surface area contributed by atoms with Crippen LogP contribution in [0.1, 0.15) is 56.5 Å². The van der Waals surface area contributed by atoms with Gasteiger partial charge in [0, 0.05) is 25.2 Å². The number of amides is 2. The van der Waals surface area contributed by atoms with E-state index in [1.807, 2.05) is 58.0 Å². The Hall–Kier alpha value is -3.68. The van der Waals surface area contributed by atoms with Crippen molar-refractivity contribution in [1.29, 1.82) is 0 Å². The zero-order valence-electron chi connectivity index (χ0n) is 23.6. The van der Waals surface area contributed by atoms with Crippen molar-refractivity contribution in [1.82, 2.24) is 9.80 Å². The average molecular weight is 525 g/mol. The van der Waals surface area contributed by atoms with Crippen molar-refractivity contribution in [3.8, 4) is 17.2 Å². The van der Waals surface area contributed by atoms with E-state index in [0.717, 1.165) is 24.0 Å². The number of carbonyl (C=O) groups excluding carboxylic acids is 2. The van der Waals surface area contributed by atoms with Crippen LogP contribution < -0.4 is 14.2 Å². The standard InChI is InChI=1S/C30H40N2O6/c1-21(16-22-12-9-8-10-13-22)19-31(20-24-14-11-15-32(24)29(34)38-30(2,3)4)28(33)23-17-25(35-5)27(37-7)26(18-23)36-6/h8-10,12-13,16-18,24H,11,14-15,19-20H2,1-7H3/b21-16+. The summed E-state index contributed by atoms with van der Waals surface area (Å²) in [5.74, 6) is 1.04. The van der Waals surface area contributed by atoms with Crippen molar-refractivity contribution in [2.45, 2.75) is 52.2 Å². The van der Waals surface area contributed by atoms with Crippen LogP contribution in [0.25, 0.3) is 6.08 Å². The molecule has 8 nitrogen and oxygen atoms in total. The molecule has 8 heteroatoms. The molecule has 1 aliphatic rings. The second kappa shape index (κ2) is 12.7. The van der Waals surface area contributed by atoms with Gasteiger partial charge in [-0.3, -0.25) is 4.79 Å². The molecule has 1 unspecified atom stereocenters. The number of likely N-dealkylation sites (tertiary alicyclic amines) is 1. The van der Waals surface area contributed by atoms with Crippen LogP contribution >= 0.6 is 0 Å². The third-order valence-electron chi connectivity index (χ3n) is 6.29. The molecule has 1 heterocycles. The first-order chi connectivity index (χ1) is 18.1. The highest BCUT2D eigenvalue weighted by molar-refractivity contribution is 5.96. The van der Waals surface area contributed by atoms with Crippen molar-refractivity contribution in [3.05, 3.63) is 59.2 Å². The van der Waals surface area contributed by atoms with E-state index in [1.54, 1.807) is 21.9 Å². The van der Waals surface area contributed by atoms with Gasteiger partial charge in [-0.2, -0.15) is 0 Å². The van der Waals surface area contributed by atoms with Crippen molar-refractivity contribution >= 4 is 18.1 Å². The van der Waals surface area contributed by atoms with Crippen molar-refractivity contribution in [2.24, 2.45) is 0 Å². The predicted octanol–water partition coefficient (Wildman–Crippen LogP) is 5.66. The maximum Gasteiger partial charge on any atom is 0.410 e. The highest BCUT2D eigenvalue weighted by atomic mass is 16.6. The molecule has 0 saturated carbocycles. The fraction of sp³-hybridized carbons (Fsp3) is 0.467. The first-order valence-electron chi connectivity index (χ1n) is 12.9. The summed E-state index contributed by atoms with van der Waals surface area (Å²) in [5.41, 5.74) is 1.89. The van der Waals surface area contributed by atoms with Crippen LogP contribution in [0.4, 0.5) is 4.79 Å². The summed E-state index contributed by atoms with van der Waals surface area (Å²) in [5, 5.41) is 0. The molecule has 0 aromatic heterocycles. The Morgan fingerprint density at radius 3 is 2.21 bits per heavy atom. The van der Waals surface area contributed by atoms with E-state index < -0.39 is 5.60 Å². The van der Waals surface area contributed by atoms with Gasteiger partial charge in [0.15, 0.2) is 11.5 Å². The molecule has 3 rings (SSSR count). The quantitative estimate of drug-likeness (QED) is 0.421. The fourth-order valence-electron chi connectivity index (χ4n) is 4.63.